The quantitative estimate of drug-likeness (QED) is 0.725. The highest BCUT2D eigenvalue weighted by Crippen LogP contribution is 2.42. The number of alkyl halides is 3. The minimum atomic E-state index is -4.36. The van der Waals surface area contributed by atoms with Crippen LogP contribution in [0, 0.1) is 0 Å². The van der Waals surface area contributed by atoms with Crippen molar-refractivity contribution in [3.63, 3.8) is 0 Å². The van der Waals surface area contributed by atoms with E-state index in [2.05, 4.69) is 12.4 Å². The fraction of sp³-hybridized carbons (Fsp3) is 0.409. The molecule has 0 spiro atoms. The Labute approximate surface area is 163 Å². The summed E-state index contributed by atoms with van der Waals surface area (Å²) in [5.41, 5.74) is 1.10. The van der Waals surface area contributed by atoms with Gasteiger partial charge in [0.25, 0.3) is 0 Å². The fourth-order valence-electron chi connectivity index (χ4n) is 4.34. The molecule has 0 radical (unpaired) electrons. The Morgan fingerprint density at radius 3 is 2.04 bits per heavy atom. The van der Waals surface area contributed by atoms with Crippen molar-refractivity contribution < 1.29 is 22.4 Å². The summed E-state index contributed by atoms with van der Waals surface area (Å²) >= 11 is 0. The number of amides is 1. The molecule has 1 aliphatic heterocycles. The lowest BCUT2D eigenvalue weighted by Crippen LogP contribution is -2.50. The Hall–Kier alpha value is -2.34. The number of hydrogen-bond donors (Lipinski definition) is 1. The van der Waals surface area contributed by atoms with Gasteiger partial charge in [0.1, 0.15) is 12.1 Å². The molecule has 1 saturated heterocycles. The SMILES string of the molecule is CC(=O)N[C@@H](c1ccccc1)C(c1ccc(C(F)(F)F)cc1)[N+]1(C)CCCC1. The maximum absolute atomic E-state index is 13.0. The van der Waals surface area contributed by atoms with Crippen molar-refractivity contribution in [1.82, 2.24) is 5.32 Å². The van der Waals surface area contributed by atoms with Gasteiger partial charge in [0.2, 0.25) is 5.91 Å². The molecule has 3 nitrogen and oxygen atoms in total. The number of carbonyl (C=O) groups is 1. The molecule has 6 heteroatoms. The minimum absolute atomic E-state index is 0.156. The lowest BCUT2D eigenvalue weighted by Gasteiger charge is -2.42. The Morgan fingerprint density at radius 2 is 1.54 bits per heavy atom. The molecule has 1 fully saturated rings. The Bertz CT molecular complexity index is 797. The van der Waals surface area contributed by atoms with E-state index in [1.807, 2.05) is 30.3 Å². The molecule has 0 saturated carbocycles. The summed E-state index contributed by atoms with van der Waals surface area (Å²) in [6.45, 7) is 3.33. The van der Waals surface area contributed by atoms with Crippen molar-refractivity contribution in [2.75, 3.05) is 20.1 Å². The van der Waals surface area contributed by atoms with E-state index in [0.717, 1.165) is 49.2 Å². The van der Waals surface area contributed by atoms with Gasteiger partial charge in [-0.1, -0.05) is 42.5 Å². The van der Waals surface area contributed by atoms with E-state index in [0.29, 0.717) is 4.48 Å². The second-order valence-electron chi connectivity index (χ2n) is 7.79. The van der Waals surface area contributed by atoms with Crippen LogP contribution in [-0.2, 0) is 11.0 Å². The van der Waals surface area contributed by atoms with Gasteiger partial charge in [0.05, 0.1) is 25.7 Å². The zero-order chi connectivity index (χ0) is 20.4. The lowest BCUT2D eigenvalue weighted by molar-refractivity contribution is -0.930. The Kier molecular flexibility index (Phi) is 5.79. The van der Waals surface area contributed by atoms with Gasteiger partial charge in [-0.05, 0) is 17.7 Å². The molecule has 150 valence electrons. The number of benzene rings is 2. The predicted octanol–water partition coefficient (Wildman–Crippen LogP) is 4.86. The second kappa shape index (κ2) is 7.95. The van der Waals surface area contributed by atoms with Gasteiger partial charge in [0, 0.05) is 25.3 Å². The molecular formula is C22H26F3N2O+. The molecule has 1 heterocycles. The average Bonchev–Trinajstić information content (AvgIpc) is 3.08. The number of halogens is 3. The van der Waals surface area contributed by atoms with Crippen LogP contribution in [0.1, 0.15) is 48.5 Å². The van der Waals surface area contributed by atoms with Crippen LogP contribution in [0.5, 0.6) is 0 Å². The molecule has 2 atom stereocenters. The number of nitrogens with zero attached hydrogens (tertiary/aromatic N) is 1. The van der Waals surface area contributed by atoms with Crippen LogP contribution >= 0.6 is 0 Å². The molecule has 2 aromatic carbocycles. The third-order valence-electron chi connectivity index (χ3n) is 5.67. The van der Waals surface area contributed by atoms with Crippen molar-refractivity contribution in [2.24, 2.45) is 0 Å². The molecule has 1 N–H and O–H groups in total. The van der Waals surface area contributed by atoms with Crippen LogP contribution in [0.25, 0.3) is 0 Å². The number of carbonyl (C=O) groups excluding carboxylic acids is 1. The highest BCUT2D eigenvalue weighted by atomic mass is 19.4. The van der Waals surface area contributed by atoms with Gasteiger partial charge < -0.3 is 9.80 Å². The van der Waals surface area contributed by atoms with E-state index < -0.39 is 11.7 Å². The van der Waals surface area contributed by atoms with Crippen LogP contribution in [-0.4, -0.2) is 30.5 Å². The van der Waals surface area contributed by atoms with Gasteiger partial charge >= 0.3 is 6.18 Å². The standard InChI is InChI=1S/C22H25F3N2O/c1-16(28)26-20(17-8-4-3-5-9-17)21(27(2)14-6-7-15-27)18-10-12-19(13-11-18)22(23,24)25/h3-5,8-13,20-21H,6-7,14-15H2,1-2H3/p+1/t20-,21?/m0/s1. The zero-order valence-corrected chi connectivity index (χ0v) is 16.2. The first-order chi connectivity index (χ1) is 13.2. The van der Waals surface area contributed by atoms with E-state index in [4.69, 9.17) is 0 Å². The summed E-state index contributed by atoms with van der Waals surface area (Å²) in [5, 5.41) is 3.06. The van der Waals surface area contributed by atoms with Crippen molar-refractivity contribution >= 4 is 5.91 Å². The zero-order valence-electron chi connectivity index (χ0n) is 16.2. The largest absolute Gasteiger partial charge is 0.416 e. The Morgan fingerprint density at radius 1 is 0.964 bits per heavy atom. The highest BCUT2D eigenvalue weighted by Gasteiger charge is 2.43. The monoisotopic (exact) mass is 391 g/mol. The number of nitrogens with one attached hydrogen (secondary N) is 1. The number of quaternary nitrogens is 1. The van der Waals surface area contributed by atoms with E-state index in [1.54, 1.807) is 12.1 Å². The van der Waals surface area contributed by atoms with Crippen LogP contribution < -0.4 is 5.32 Å². The molecule has 28 heavy (non-hydrogen) atoms. The molecule has 3 rings (SSSR count). The molecule has 0 aliphatic carbocycles. The van der Waals surface area contributed by atoms with Crippen LogP contribution in [0.15, 0.2) is 54.6 Å². The van der Waals surface area contributed by atoms with E-state index in [1.165, 1.54) is 6.92 Å². The number of hydrogen-bond acceptors (Lipinski definition) is 1. The van der Waals surface area contributed by atoms with Crippen LogP contribution in [0.4, 0.5) is 13.2 Å². The van der Waals surface area contributed by atoms with Gasteiger partial charge in [0.15, 0.2) is 0 Å². The molecule has 0 aromatic heterocycles. The summed E-state index contributed by atoms with van der Waals surface area (Å²) in [7, 11) is 2.13. The van der Waals surface area contributed by atoms with Gasteiger partial charge in [-0.25, -0.2) is 0 Å². The first-order valence-corrected chi connectivity index (χ1v) is 9.54. The highest BCUT2D eigenvalue weighted by molar-refractivity contribution is 5.73. The summed E-state index contributed by atoms with van der Waals surface area (Å²) in [4.78, 5) is 12.0. The molecule has 1 amide bonds. The minimum Gasteiger partial charge on any atom is -0.343 e. The maximum atomic E-state index is 13.0. The second-order valence-corrected chi connectivity index (χ2v) is 7.79. The molecule has 0 bridgehead atoms. The summed E-state index contributed by atoms with van der Waals surface area (Å²) in [5.74, 6) is -0.156. The maximum Gasteiger partial charge on any atom is 0.416 e. The number of likely N-dealkylation sites (tertiary alicyclic amines) is 1. The van der Waals surface area contributed by atoms with Crippen molar-refractivity contribution in [1.29, 1.82) is 0 Å². The van der Waals surface area contributed by atoms with Crippen molar-refractivity contribution in [2.45, 2.75) is 38.0 Å². The summed E-state index contributed by atoms with van der Waals surface area (Å²) in [6, 6.07) is 14.6. The van der Waals surface area contributed by atoms with Crippen LogP contribution in [0.3, 0.4) is 0 Å². The van der Waals surface area contributed by atoms with Crippen LogP contribution in [0.2, 0.25) is 0 Å². The first kappa shape index (κ1) is 20.4. The fourth-order valence-corrected chi connectivity index (χ4v) is 4.34. The normalized spacial score (nSPS) is 18.5. The van der Waals surface area contributed by atoms with Crippen molar-refractivity contribution in [3.05, 3.63) is 71.3 Å². The topological polar surface area (TPSA) is 29.1 Å². The van der Waals surface area contributed by atoms with Gasteiger partial charge in [-0.2, -0.15) is 13.2 Å². The first-order valence-electron chi connectivity index (χ1n) is 9.54. The smallest absolute Gasteiger partial charge is 0.343 e. The van der Waals surface area contributed by atoms with Crippen molar-refractivity contribution in [3.8, 4) is 0 Å². The number of rotatable bonds is 5. The van der Waals surface area contributed by atoms with Gasteiger partial charge in [-0.3, -0.25) is 4.79 Å². The van der Waals surface area contributed by atoms with E-state index in [9.17, 15) is 18.0 Å². The van der Waals surface area contributed by atoms with Gasteiger partial charge in [-0.15, -0.1) is 0 Å². The number of likely N-dealkylation sites (N-methyl/N-ethyl adjacent to an activating group) is 1. The summed E-state index contributed by atoms with van der Waals surface area (Å²) < 4.78 is 39.8. The molecule has 2 aromatic rings. The Balaban J connectivity index is 2.08. The third kappa shape index (κ3) is 4.38. The average molecular weight is 391 g/mol. The molecule has 1 unspecified atom stereocenters. The lowest BCUT2D eigenvalue weighted by atomic mass is 9.90. The molecule has 1 aliphatic rings. The summed E-state index contributed by atoms with van der Waals surface area (Å²) in [6.07, 6.45) is -2.24. The van der Waals surface area contributed by atoms with E-state index in [-0.39, 0.29) is 18.0 Å². The molecular weight excluding hydrogens is 365 g/mol. The third-order valence-corrected chi connectivity index (χ3v) is 5.67. The van der Waals surface area contributed by atoms with E-state index >= 15 is 0 Å². The predicted molar refractivity (Wildman–Crippen MR) is 102 cm³/mol.